The van der Waals surface area contributed by atoms with E-state index in [4.69, 9.17) is 4.74 Å². The summed E-state index contributed by atoms with van der Waals surface area (Å²) in [5.74, 6) is 0.578. The summed E-state index contributed by atoms with van der Waals surface area (Å²) in [6, 6.07) is 6.70. The molecular weight excluding hydrogens is 230 g/mol. The van der Waals surface area contributed by atoms with Crippen molar-refractivity contribution in [3.63, 3.8) is 0 Å². The predicted octanol–water partition coefficient (Wildman–Crippen LogP) is 1.95. The molecule has 1 saturated heterocycles. The Morgan fingerprint density at radius 1 is 1.44 bits per heavy atom. The minimum Gasteiger partial charge on any atom is -0.497 e. The Labute approximate surface area is 106 Å². The lowest BCUT2D eigenvalue weighted by molar-refractivity contribution is -0.119. The lowest BCUT2D eigenvalue weighted by Crippen LogP contribution is -2.37. The number of anilines is 1. The minimum absolute atomic E-state index is 0.0274. The van der Waals surface area contributed by atoms with Crippen LogP contribution in [0.25, 0.3) is 0 Å². The SMILES string of the molecule is C=CC(=O)C1CCC(=O)N1c1ccc(OC)cc1. The molecule has 1 aromatic carbocycles. The highest BCUT2D eigenvalue weighted by Crippen LogP contribution is 2.28. The number of ether oxygens (including phenoxy) is 1. The van der Waals surface area contributed by atoms with Crippen molar-refractivity contribution in [3.8, 4) is 5.75 Å². The fourth-order valence-electron chi connectivity index (χ4n) is 2.16. The molecule has 1 fully saturated rings. The van der Waals surface area contributed by atoms with Crippen molar-refractivity contribution in [1.82, 2.24) is 0 Å². The summed E-state index contributed by atoms with van der Waals surface area (Å²) in [5.41, 5.74) is 0.721. The van der Waals surface area contributed by atoms with E-state index in [-0.39, 0.29) is 11.7 Å². The standard InChI is InChI=1S/C14H15NO3/c1-3-13(16)12-8-9-14(17)15(12)10-4-6-11(18-2)7-5-10/h3-7,12H,1,8-9H2,2H3. The summed E-state index contributed by atoms with van der Waals surface area (Å²) in [7, 11) is 1.58. The quantitative estimate of drug-likeness (QED) is 0.762. The third kappa shape index (κ3) is 2.14. The van der Waals surface area contributed by atoms with Crippen molar-refractivity contribution in [1.29, 1.82) is 0 Å². The highest BCUT2D eigenvalue weighted by atomic mass is 16.5. The van der Waals surface area contributed by atoms with Gasteiger partial charge in [-0.3, -0.25) is 9.59 Å². The minimum atomic E-state index is -0.414. The first-order valence-electron chi connectivity index (χ1n) is 5.79. The maximum absolute atomic E-state index is 11.9. The number of benzene rings is 1. The number of amides is 1. The Kier molecular flexibility index (Phi) is 3.46. The van der Waals surface area contributed by atoms with Crippen LogP contribution < -0.4 is 9.64 Å². The molecule has 0 saturated carbocycles. The Morgan fingerprint density at radius 3 is 2.67 bits per heavy atom. The summed E-state index contributed by atoms with van der Waals surface area (Å²) < 4.78 is 5.07. The summed E-state index contributed by atoms with van der Waals surface area (Å²) in [6.45, 7) is 3.48. The molecule has 1 atom stereocenters. The molecule has 0 spiro atoms. The van der Waals surface area contributed by atoms with Crippen LogP contribution in [0.3, 0.4) is 0 Å². The number of rotatable bonds is 4. The molecule has 1 aromatic rings. The second-order valence-electron chi connectivity index (χ2n) is 4.12. The van der Waals surface area contributed by atoms with Crippen LogP contribution in [0.4, 0.5) is 5.69 Å². The van der Waals surface area contributed by atoms with Gasteiger partial charge in [-0.1, -0.05) is 6.58 Å². The molecule has 1 unspecified atom stereocenters. The molecule has 0 aliphatic carbocycles. The maximum Gasteiger partial charge on any atom is 0.227 e. The topological polar surface area (TPSA) is 46.6 Å². The number of carbonyl (C=O) groups is 2. The largest absolute Gasteiger partial charge is 0.497 e. The molecule has 0 N–H and O–H groups in total. The summed E-state index contributed by atoms with van der Waals surface area (Å²) in [6.07, 6.45) is 2.23. The molecule has 4 nitrogen and oxygen atoms in total. The highest BCUT2D eigenvalue weighted by molar-refractivity contribution is 6.07. The van der Waals surface area contributed by atoms with Crippen LogP contribution in [0, 0.1) is 0 Å². The van der Waals surface area contributed by atoms with Crippen molar-refractivity contribution < 1.29 is 14.3 Å². The number of ketones is 1. The molecule has 2 rings (SSSR count). The second kappa shape index (κ2) is 5.04. The molecule has 4 heteroatoms. The van der Waals surface area contributed by atoms with Crippen molar-refractivity contribution in [3.05, 3.63) is 36.9 Å². The van der Waals surface area contributed by atoms with Gasteiger partial charge < -0.3 is 9.64 Å². The number of hydrogen-bond acceptors (Lipinski definition) is 3. The van der Waals surface area contributed by atoms with E-state index in [1.807, 2.05) is 0 Å². The van der Waals surface area contributed by atoms with Gasteiger partial charge in [-0.2, -0.15) is 0 Å². The van der Waals surface area contributed by atoms with Gasteiger partial charge in [0.15, 0.2) is 5.78 Å². The van der Waals surface area contributed by atoms with Gasteiger partial charge in [-0.15, -0.1) is 0 Å². The summed E-state index contributed by atoms with van der Waals surface area (Å²) >= 11 is 0. The average molecular weight is 245 g/mol. The van der Waals surface area contributed by atoms with Crippen LogP contribution in [0.1, 0.15) is 12.8 Å². The van der Waals surface area contributed by atoms with E-state index in [0.717, 1.165) is 11.4 Å². The van der Waals surface area contributed by atoms with Crippen molar-refractivity contribution in [2.75, 3.05) is 12.0 Å². The first-order valence-corrected chi connectivity index (χ1v) is 5.79. The Balaban J connectivity index is 2.30. The summed E-state index contributed by atoms with van der Waals surface area (Å²) in [5, 5.41) is 0. The summed E-state index contributed by atoms with van der Waals surface area (Å²) in [4.78, 5) is 25.1. The molecule has 1 aliphatic rings. The van der Waals surface area contributed by atoms with Crippen LogP contribution in [-0.2, 0) is 9.59 Å². The number of hydrogen-bond donors (Lipinski definition) is 0. The normalized spacial score (nSPS) is 18.8. The monoisotopic (exact) mass is 245 g/mol. The molecule has 0 aromatic heterocycles. The molecule has 1 heterocycles. The van der Waals surface area contributed by atoms with Gasteiger partial charge in [0.1, 0.15) is 5.75 Å². The number of nitrogens with zero attached hydrogens (tertiary/aromatic N) is 1. The van der Waals surface area contributed by atoms with Crippen LogP contribution in [0.5, 0.6) is 5.75 Å². The van der Waals surface area contributed by atoms with Crippen molar-refractivity contribution in [2.24, 2.45) is 0 Å². The van der Waals surface area contributed by atoms with Crippen LogP contribution in [-0.4, -0.2) is 24.8 Å². The van der Waals surface area contributed by atoms with Crippen molar-refractivity contribution in [2.45, 2.75) is 18.9 Å². The number of carbonyl (C=O) groups excluding carboxylic acids is 2. The third-order valence-electron chi connectivity index (χ3n) is 3.09. The van der Waals surface area contributed by atoms with Gasteiger partial charge >= 0.3 is 0 Å². The molecule has 1 aliphatic heterocycles. The van der Waals surface area contributed by atoms with Gasteiger partial charge in [0.25, 0.3) is 0 Å². The molecule has 94 valence electrons. The van der Waals surface area contributed by atoms with Gasteiger partial charge in [-0.25, -0.2) is 0 Å². The lowest BCUT2D eigenvalue weighted by atomic mass is 10.1. The van der Waals surface area contributed by atoms with Crippen LogP contribution >= 0.6 is 0 Å². The maximum atomic E-state index is 11.9. The van der Waals surface area contributed by atoms with Gasteiger partial charge in [0.2, 0.25) is 5.91 Å². The third-order valence-corrected chi connectivity index (χ3v) is 3.09. The zero-order valence-corrected chi connectivity index (χ0v) is 10.3. The Bertz CT molecular complexity index is 478. The number of methoxy groups -OCH3 is 1. The zero-order chi connectivity index (χ0) is 13.1. The second-order valence-corrected chi connectivity index (χ2v) is 4.12. The van der Waals surface area contributed by atoms with E-state index < -0.39 is 6.04 Å². The first kappa shape index (κ1) is 12.4. The smallest absolute Gasteiger partial charge is 0.227 e. The highest BCUT2D eigenvalue weighted by Gasteiger charge is 2.35. The van der Waals surface area contributed by atoms with Gasteiger partial charge in [0.05, 0.1) is 13.2 Å². The fourth-order valence-corrected chi connectivity index (χ4v) is 2.16. The van der Waals surface area contributed by atoms with E-state index >= 15 is 0 Å². The van der Waals surface area contributed by atoms with Crippen LogP contribution in [0.15, 0.2) is 36.9 Å². The van der Waals surface area contributed by atoms with E-state index in [1.54, 1.807) is 36.3 Å². The van der Waals surface area contributed by atoms with Gasteiger partial charge in [-0.05, 0) is 36.8 Å². The molecular formula is C14H15NO3. The van der Waals surface area contributed by atoms with Gasteiger partial charge in [0, 0.05) is 12.1 Å². The van der Waals surface area contributed by atoms with Crippen molar-refractivity contribution >= 4 is 17.4 Å². The Morgan fingerprint density at radius 2 is 2.11 bits per heavy atom. The zero-order valence-electron chi connectivity index (χ0n) is 10.3. The molecule has 0 bridgehead atoms. The van der Waals surface area contributed by atoms with E-state index in [9.17, 15) is 9.59 Å². The predicted molar refractivity (Wildman–Crippen MR) is 68.7 cm³/mol. The fraction of sp³-hybridized carbons (Fsp3) is 0.286. The average Bonchev–Trinajstić information content (AvgIpc) is 2.80. The lowest BCUT2D eigenvalue weighted by Gasteiger charge is -2.23. The van der Waals surface area contributed by atoms with E-state index in [0.29, 0.717) is 12.8 Å². The first-order chi connectivity index (χ1) is 8.67. The molecule has 1 amide bonds. The molecule has 0 radical (unpaired) electrons. The van der Waals surface area contributed by atoms with Crippen LogP contribution in [0.2, 0.25) is 0 Å². The molecule has 18 heavy (non-hydrogen) atoms. The van der Waals surface area contributed by atoms with E-state index in [2.05, 4.69) is 6.58 Å². The Hall–Kier alpha value is -2.10. The van der Waals surface area contributed by atoms with E-state index in [1.165, 1.54) is 6.08 Å².